The zero-order chi connectivity index (χ0) is 54.7. The molecule has 0 spiro atoms. The summed E-state index contributed by atoms with van der Waals surface area (Å²) in [6.07, 6.45) is 55.0. The van der Waals surface area contributed by atoms with Gasteiger partial charge in [0.1, 0.15) is 36.6 Å². The van der Waals surface area contributed by atoms with Crippen LogP contribution in [0.15, 0.2) is 36.5 Å². The standard InChI is InChI=1S/C64H121NO10/c1-3-5-7-9-11-13-15-17-19-21-23-25-27-28-29-30-32-33-35-37-39-41-43-45-47-49-51-56(67)59(69)55(54-74-64-62(72)61(71)60(70)58(53-66)75-64)65-63(73)57(68)52-50-48-46-44-42-40-38-36-34-31-26-24-22-20-18-16-14-12-10-8-6-4-2/h34-37,43,45,55-62,64,66-72H,3-33,38-42,44,46-54H2,1-2H3,(H,65,73)/b36-34-,37-35+,45-43+. The number of hydrogen-bond acceptors (Lipinski definition) is 10. The molecular formula is C64H121NO10. The van der Waals surface area contributed by atoms with Crippen molar-refractivity contribution in [1.29, 1.82) is 0 Å². The Morgan fingerprint density at radius 3 is 1.19 bits per heavy atom. The molecule has 442 valence electrons. The topological polar surface area (TPSA) is 189 Å². The SMILES string of the molecule is CCCCCCCCCCCCCC/C=C\CCCCCCCCC(O)C(=O)NC(COC1OC(CO)C(O)C(O)C1O)C(O)C(O)CCC/C=C/CC/C=C/CCCCCCCCCCCCCCCCCCC. The molecule has 11 heteroatoms. The Hall–Kier alpha value is -1.67. The maximum absolute atomic E-state index is 13.2. The lowest BCUT2D eigenvalue weighted by atomic mass is 9.98. The first kappa shape index (κ1) is 71.3. The molecule has 0 bridgehead atoms. The lowest BCUT2D eigenvalue weighted by molar-refractivity contribution is -0.303. The minimum Gasteiger partial charge on any atom is -0.394 e. The number of unbranched alkanes of at least 4 members (excludes halogenated alkanes) is 37. The molecule has 0 radical (unpaired) electrons. The highest BCUT2D eigenvalue weighted by molar-refractivity contribution is 5.80. The van der Waals surface area contributed by atoms with E-state index in [-0.39, 0.29) is 12.8 Å². The normalized spacial score (nSPS) is 19.9. The van der Waals surface area contributed by atoms with Gasteiger partial charge in [-0.15, -0.1) is 0 Å². The van der Waals surface area contributed by atoms with Gasteiger partial charge in [-0.3, -0.25) is 4.79 Å². The molecule has 8 N–H and O–H groups in total. The predicted octanol–water partition coefficient (Wildman–Crippen LogP) is 14.2. The number of ether oxygens (including phenoxy) is 2. The summed E-state index contributed by atoms with van der Waals surface area (Å²) in [4.78, 5) is 13.2. The van der Waals surface area contributed by atoms with Crippen molar-refractivity contribution in [3.8, 4) is 0 Å². The molecule has 0 saturated carbocycles. The number of carbonyl (C=O) groups excluding carboxylic acids is 1. The summed E-state index contributed by atoms with van der Waals surface area (Å²) in [6.45, 7) is 3.47. The minimum atomic E-state index is -1.67. The van der Waals surface area contributed by atoms with Gasteiger partial charge in [0.15, 0.2) is 6.29 Å². The summed E-state index contributed by atoms with van der Waals surface area (Å²) in [6, 6.07) is -1.19. The molecule has 0 aromatic rings. The molecule has 1 rings (SSSR count). The first-order valence-electron chi connectivity index (χ1n) is 31.9. The minimum absolute atomic E-state index is 0.244. The summed E-state index contributed by atoms with van der Waals surface area (Å²) < 4.78 is 11.1. The number of nitrogens with one attached hydrogen (secondary N) is 1. The Balaban J connectivity index is 2.30. The van der Waals surface area contributed by atoms with Crippen LogP contribution in [-0.4, -0.2) is 110 Å². The number of amides is 1. The van der Waals surface area contributed by atoms with Crippen LogP contribution in [0.1, 0.15) is 296 Å². The Morgan fingerprint density at radius 1 is 0.453 bits per heavy atom. The maximum atomic E-state index is 13.2. The van der Waals surface area contributed by atoms with Gasteiger partial charge in [-0.1, -0.05) is 256 Å². The first-order valence-corrected chi connectivity index (χ1v) is 31.9. The second-order valence-corrected chi connectivity index (χ2v) is 22.5. The second-order valence-electron chi connectivity index (χ2n) is 22.5. The summed E-state index contributed by atoms with van der Waals surface area (Å²) in [5.74, 6) is -0.712. The summed E-state index contributed by atoms with van der Waals surface area (Å²) in [5, 5.41) is 76.3. The van der Waals surface area contributed by atoms with Crippen LogP contribution in [-0.2, 0) is 14.3 Å². The highest BCUT2D eigenvalue weighted by Crippen LogP contribution is 2.23. The van der Waals surface area contributed by atoms with E-state index < -0.39 is 74.2 Å². The quantitative estimate of drug-likeness (QED) is 0.0215. The number of carbonyl (C=O) groups is 1. The zero-order valence-electron chi connectivity index (χ0n) is 48.5. The van der Waals surface area contributed by atoms with Crippen molar-refractivity contribution in [2.45, 2.75) is 351 Å². The van der Waals surface area contributed by atoms with Crippen molar-refractivity contribution in [2.75, 3.05) is 13.2 Å². The fourth-order valence-electron chi connectivity index (χ4n) is 10.2. The molecule has 1 aliphatic rings. The van der Waals surface area contributed by atoms with Crippen LogP contribution in [0.25, 0.3) is 0 Å². The van der Waals surface area contributed by atoms with Crippen LogP contribution in [0.5, 0.6) is 0 Å². The Kier molecular flexibility index (Phi) is 50.4. The fourth-order valence-corrected chi connectivity index (χ4v) is 10.2. The second kappa shape index (κ2) is 53.0. The monoisotopic (exact) mass is 1060 g/mol. The zero-order valence-corrected chi connectivity index (χ0v) is 48.5. The van der Waals surface area contributed by atoms with Gasteiger partial charge in [-0.25, -0.2) is 0 Å². The van der Waals surface area contributed by atoms with Gasteiger partial charge in [0.2, 0.25) is 5.91 Å². The van der Waals surface area contributed by atoms with Crippen molar-refractivity contribution in [1.82, 2.24) is 5.32 Å². The predicted molar refractivity (Wildman–Crippen MR) is 312 cm³/mol. The molecule has 0 aromatic carbocycles. The van der Waals surface area contributed by atoms with Crippen molar-refractivity contribution in [3.63, 3.8) is 0 Å². The van der Waals surface area contributed by atoms with Crippen LogP contribution < -0.4 is 5.32 Å². The molecule has 75 heavy (non-hydrogen) atoms. The first-order chi connectivity index (χ1) is 36.7. The van der Waals surface area contributed by atoms with Crippen LogP contribution >= 0.6 is 0 Å². The highest BCUT2D eigenvalue weighted by atomic mass is 16.7. The molecule has 9 unspecified atom stereocenters. The van der Waals surface area contributed by atoms with E-state index in [1.807, 2.05) is 0 Å². The third-order valence-corrected chi connectivity index (χ3v) is 15.4. The fraction of sp³-hybridized carbons (Fsp3) is 0.891. The van der Waals surface area contributed by atoms with E-state index >= 15 is 0 Å². The van der Waals surface area contributed by atoms with Gasteiger partial charge in [0.05, 0.1) is 25.4 Å². The molecule has 1 amide bonds. The van der Waals surface area contributed by atoms with E-state index in [1.165, 1.54) is 193 Å². The van der Waals surface area contributed by atoms with Crippen LogP contribution in [0.2, 0.25) is 0 Å². The third kappa shape index (κ3) is 41.1. The molecule has 1 saturated heterocycles. The molecule has 0 aliphatic carbocycles. The van der Waals surface area contributed by atoms with Crippen molar-refractivity contribution in [3.05, 3.63) is 36.5 Å². The Morgan fingerprint density at radius 2 is 0.800 bits per heavy atom. The molecule has 9 atom stereocenters. The average Bonchev–Trinajstić information content (AvgIpc) is 3.41. The summed E-state index contributed by atoms with van der Waals surface area (Å²) in [7, 11) is 0. The number of allylic oxidation sites excluding steroid dienone is 6. The van der Waals surface area contributed by atoms with Gasteiger partial charge in [0, 0.05) is 0 Å². The number of hydrogen-bond donors (Lipinski definition) is 8. The Labute approximate surface area is 460 Å². The maximum Gasteiger partial charge on any atom is 0.249 e. The van der Waals surface area contributed by atoms with Crippen molar-refractivity contribution < 1.29 is 50.0 Å². The van der Waals surface area contributed by atoms with Crippen LogP contribution in [0, 0.1) is 0 Å². The Bertz CT molecular complexity index is 1310. The van der Waals surface area contributed by atoms with Crippen LogP contribution in [0.3, 0.4) is 0 Å². The van der Waals surface area contributed by atoms with Crippen LogP contribution in [0.4, 0.5) is 0 Å². The van der Waals surface area contributed by atoms with Crippen molar-refractivity contribution in [2.24, 2.45) is 0 Å². The molecule has 11 nitrogen and oxygen atoms in total. The third-order valence-electron chi connectivity index (χ3n) is 15.4. The van der Waals surface area contributed by atoms with Gasteiger partial charge < -0.3 is 50.5 Å². The molecule has 1 fully saturated rings. The van der Waals surface area contributed by atoms with Gasteiger partial charge in [0.25, 0.3) is 0 Å². The molecular weight excluding hydrogens is 943 g/mol. The van der Waals surface area contributed by atoms with Gasteiger partial charge >= 0.3 is 0 Å². The largest absolute Gasteiger partial charge is 0.394 e. The number of rotatable bonds is 55. The lowest BCUT2D eigenvalue weighted by Gasteiger charge is -2.40. The van der Waals surface area contributed by atoms with Gasteiger partial charge in [-0.05, 0) is 77.0 Å². The summed E-state index contributed by atoms with van der Waals surface area (Å²) in [5.41, 5.74) is 0. The number of aliphatic hydroxyl groups is 7. The van der Waals surface area contributed by atoms with E-state index in [9.17, 15) is 40.5 Å². The van der Waals surface area contributed by atoms with Crippen molar-refractivity contribution >= 4 is 5.91 Å². The number of aliphatic hydroxyl groups excluding tert-OH is 7. The lowest BCUT2D eigenvalue weighted by Crippen LogP contribution is -2.60. The van der Waals surface area contributed by atoms with E-state index in [0.717, 1.165) is 57.8 Å². The highest BCUT2D eigenvalue weighted by Gasteiger charge is 2.44. The van der Waals surface area contributed by atoms with E-state index in [4.69, 9.17) is 9.47 Å². The smallest absolute Gasteiger partial charge is 0.249 e. The van der Waals surface area contributed by atoms with E-state index in [0.29, 0.717) is 19.3 Å². The van der Waals surface area contributed by atoms with E-state index in [2.05, 4.69) is 55.6 Å². The average molecular weight is 1060 g/mol. The molecule has 1 aliphatic heterocycles. The summed E-state index contributed by atoms with van der Waals surface area (Å²) >= 11 is 0. The van der Waals surface area contributed by atoms with E-state index in [1.54, 1.807) is 0 Å². The van der Waals surface area contributed by atoms with Gasteiger partial charge in [-0.2, -0.15) is 0 Å². The molecule has 1 heterocycles. The molecule has 0 aromatic heterocycles.